The molecule has 1 aromatic carbocycles. The molecule has 1 aromatic heterocycles. The summed E-state index contributed by atoms with van der Waals surface area (Å²) in [7, 11) is 0. The van der Waals surface area contributed by atoms with Crippen molar-refractivity contribution >= 4 is 5.97 Å². The zero-order chi connectivity index (χ0) is 11.5. The summed E-state index contributed by atoms with van der Waals surface area (Å²) in [5.74, 6) is -1.01. The van der Waals surface area contributed by atoms with Crippen LogP contribution < -0.4 is 0 Å². The lowest BCUT2D eigenvalue weighted by atomic mass is 10.1. The Kier molecular flexibility index (Phi) is 2.72. The Morgan fingerprint density at radius 1 is 1.44 bits per heavy atom. The number of hydrogen-bond donors (Lipinski definition) is 1. The fraction of sp³-hybridized carbons (Fsp3) is 0.167. The van der Waals surface area contributed by atoms with E-state index >= 15 is 0 Å². The highest BCUT2D eigenvalue weighted by Crippen LogP contribution is 2.15. The molecule has 4 nitrogen and oxygen atoms in total. The van der Waals surface area contributed by atoms with Crippen LogP contribution >= 0.6 is 0 Å². The number of nitrogens with zero attached hydrogens (tertiary/aromatic N) is 2. The lowest BCUT2D eigenvalue weighted by Gasteiger charge is -2.07. The molecule has 0 unspecified atom stereocenters. The molecule has 0 bridgehead atoms. The molecular weight excluding hydrogens is 204 g/mol. The van der Waals surface area contributed by atoms with Crippen LogP contribution in [0.1, 0.15) is 23.0 Å². The molecule has 2 aromatic rings. The molecule has 82 valence electrons. The average molecular weight is 216 g/mol. The van der Waals surface area contributed by atoms with E-state index in [2.05, 4.69) is 11.9 Å². The van der Waals surface area contributed by atoms with Gasteiger partial charge in [0.05, 0.1) is 0 Å². The van der Waals surface area contributed by atoms with Gasteiger partial charge in [0.25, 0.3) is 0 Å². The number of aromatic carboxylic acids is 1. The van der Waals surface area contributed by atoms with E-state index in [1.54, 1.807) is 4.57 Å². The van der Waals surface area contributed by atoms with Crippen molar-refractivity contribution < 1.29 is 9.90 Å². The molecular formula is C12H12N2O2. The zero-order valence-electron chi connectivity index (χ0n) is 8.92. The molecule has 0 aliphatic heterocycles. The predicted molar refractivity (Wildman–Crippen MR) is 59.9 cm³/mol. The predicted octanol–water partition coefficient (Wildman–Crippen LogP) is 2.13. The first-order valence-corrected chi connectivity index (χ1v) is 5.08. The van der Waals surface area contributed by atoms with Crippen LogP contribution in [0.15, 0.2) is 36.8 Å². The van der Waals surface area contributed by atoms with Gasteiger partial charge in [0.15, 0.2) is 5.69 Å². The molecule has 1 N–H and O–H groups in total. The Balaban J connectivity index is 2.46. The molecule has 2 rings (SSSR count). The first-order valence-electron chi connectivity index (χ1n) is 5.08. The second kappa shape index (κ2) is 4.18. The molecule has 0 fully saturated rings. The van der Waals surface area contributed by atoms with Gasteiger partial charge < -0.3 is 9.67 Å². The van der Waals surface area contributed by atoms with E-state index in [9.17, 15) is 4.79 Å². The SMILES string of the molecule is CCc1ccccc1-n1cnc(C(=O)O)c1. The number of imidazole rings is 1. The molecule has 0 saturated carbocycles. The molecule has 0 saturated heterocycles. The van der Waals surface area contributed by atoms with Crippen molar-refractivity contribution in [2.75, 3.05) is 0 Å². The van der Waals surface area contributed by atoms with Gasteiger partial charge in [-0.1, -0.05) is 25.1 Å². The maximum atomic E-state index is 10.7. The summed E-state index contributed by atoms with van der Waals surface area (Å²) in [6.07, 6.45) is 3.95. The second-order valence-corrected chi connectivity index (χ2v) is 3.45. The number of carbonyl (C=O) groups is 1. The number of hydrogen-bond acceptors (Lipinski definition) is 2. The van der Waals surface area contributed by atoms with E-state index in [0.717, 1.165) is 17.7 Å². The average Bonchev–Trinajstić information content (AvgIpc) is 2.78. The standard InChI is InChI=1S/C12H12N2O2/c1-2-9-5-3-4-6-11(9)14-7-10(12(15)16)13-8-14/h3-8H,2H2,1H3,(H,15,16). The first kappa shape index (κ1) is 10.4. The normalized spacial score (nSPS) is 10.3. The maximum absolute atomic E-state index is 10.7. The molecule has 0 amide bonds. The minimum Gasteiger partial charge on any atom is -0.476 e. The molecule has 1 heterocycles. The van der Waals surface area contributed by atoms with Gasteiger partial charge in [-0.15, -0.1) is 0 Å². The Labute approximate surface area is 93.2 Å². The summed E-state index contributed by atoms with van der Waals surface area (Å²) in [6, 6.07) is 7.87. The Morgan fingerprint density at radius 2 is 2.19 bits per heavy atom. The van der Waals surface area contributed by atoms with E-state index in [1.807, 2.05) is 24.3 Å². The van der Waals surface area contributed by atoms with Crippen LogP contribution in [0.4, 0.5) is 0 Å². The molecule has 16 heavy (non-hydrogen) atoms. The fourth-order valence-corrected chi connectivity index (χ4v) is 1.63. The van der Waals surface area contributed by atoms with Crippen LogP contribution in [-0.2, 0) is 6.42 Å². The van der Waals surface area contributed by atoms with Crippen molar-refractivity contribution in [1.82, 2.24) is 9.55 Å². The van der Waals surface area contributed by atoms with Crippen LogP contribution in [-0.4, -0.2) is 20.6 Å². The van der Waals surface area contributed by atoms with Crippen molar-refractivity contribution in [2.45, 2.75) is 13.3 Å². The monoisotopic (exact) mass is 216 g/mol. The fourth-order valence-electron chi connectivity index (χ4n) is 1.63. The highest BCUT2D eigenvalue weighted by atomic mass is 16.4. The lowest BCUT2D eigenvalue weighted by Crippen LogP contribution is -1.97. The third-order valence-corrected chi connectivity index (χ3v) is 2.45. The van der Waals surface area contributed by atoms with Crippen molar-refractivity contribution in [1.29, 1.82) is 0 Å². The zero-order valence-corrected chi connectivity index (χ0v) is 8.92. The number of aryl methyl sites for hydroxylation is 1. The largest absolute Gasteiger partial charge is 0.476 e. The molecule has 0 aliphatic carbocycles. The van der Waals surface area contributed by atoms with E-state index in [1.165, 1.54) is 12.5 Å². The topological polar surface area (TPSA) is 55.1 Å². The van der Waals surface area contributed by atoms with Crippen molar-refractivity contribution in [3.8, 4) is 5.69 Å². The number of aromatic nitrogens is 2. The Morgan fingerprint density at radius 3 is 2.81 bits per heavy atom. The number of rotatable bonds is 3. The summed E-state index contributed by atoms with van der Waals surface area (Å²) in [6.45, 7) is 2.06. The van der Waals surface area contributed by atoms with Gasteiger partial charge in [0.2, 0.25) is 0 Å². The van der Waals surface area contributed by atoms with Gasteiger partial charge >= 0.3 is 5.97 Å². The quantitative estimate of drug-likeness (QED) is 0.855. The third kappa shape index (κ3) is 1.82. The number of carboxylic acid groups (broad SMARTS) is 1. The van der Waals surface area contributed by atoms with E-state index < -0.39 is 5.97 Å². The van der Waals surface area contributed by atoms with Crippen molar-refractivity contribution in [3.63, 3.8) is 0 Å². The Bertz CT molecular complexity index is 517. The van der Waals surface area contributed by atoms with Gasteiger partial charge in [-0.25, -0.2) is 9.78 Å². The van der Waals surface area contributed by atoms with Crippen molar-refractivity contribution in [2.24, 2.45) is 0 Å². The number of benzene rings is 1. The molecule has 0 spiro atoms. The molecule has 0 atom stereocenters. The van der Waals surface area contributed by atoms with Crippen molar-refractivity contribution in [3.05, 3.63) is 48.0 Å². The summed E-state index contributed by atoms with van der Waals surface area (Å²) >= 11 is 0. The molecule has 0 aliphatic rings. The maximum Gasteiger partial charge on any atom is 0.356 e. The van der Waals surface area contributed by atoms with Crippen LogP contribution in [0.5, 0.6) is 0 Å². The summed E-state index contributed by atoms with van der Waals surface area (Å²) in [4.78, 5) is 14.6. The molecule has 4 heteroatoms. The molecule has 0 radical (unpaired) electrons. The third-order valence-electron chi connectivity index (χ3n) is 2.45. The number of para-hydroxylation sites is 1. The summed E-state index contributed by atoms with van der Waals surface area (Å²) in [5.41, 5.74) is 2.20. The van der Waals surface area contributed by atoms with Gasteiger partial charge in [0.1, 0.15) is 6.33 Å². The second-order valence-electron chi connectivity index (χ2n) is 3.45. The highest BCUT2D eigenvalue weighted by Gasteiger charge is 2.08. The summed E-state index contributed by atoms with van der Waals surface area (Å²) in [5, 5.41) is 8.80. The van der Waals surface area contributed by atoms with Gasteiger partial charge in [-0.2, -0.15) is 0 Å². The Hall–Kier alpha value is -2.10. The van der Waals surface area contributed by atoms with Crippen LogP contribution in [0, 0.1) is 0 Å². The van der Waals surface area contributed by atoms with Gasteiger partial charge in [-0.05, 0) is 18.1 Å². The van der Waals surface area contributed by atoms with E-state index in [4.69, 9.17) is 5.11 Å². The first-order chi connectivity index (χ1) is 7.72. The number of carboxylic acids is 1. The smallest absolute Gasteiger partial charge is 0.356 e. The minimum atomic E-state index is -1.01. The van der Waals surface area contributed by atoms with Crippen LogP contribution in [0.25, 0.3) is 5.69 Å². The highest BCUT2D eigenvalue weighted by molar-refractivity contribution is 5.85. The van der Waals surface area contributed by atoms with Gasteiger partial charge in [-0.3, -0.25) is 0 Å². The minimum absolute atomic E-state index is 0.0610. The lowest BCUT2D eigenvalue weighted by molar-refractivity contribution is 0.0691. The van der Waals surface area contributed by atoms with Crippen LogP contribution in [0.2, 0.25) is 0 Å². The van der Waals surface area contributed by atoms with E-state index in [0.29, 0.717) is 0 Å². The summed E-state index contributed by atoms with van der Waals surface area (Å²) < 4.78 is 1.74. The van der Waals surface area contributed by atoms with Gasteiger partial charge in [0, 0.05) is 11.9 Å². The van der Waals surface area contributed by atoms with Crippen LogP contribution in [0.3, 0.4) is 0 Å². The van der Waals surface area contributed by atoms with E-state index in [-0.39, 0.29) is 5.69 Å².